The maximum absolute atomic E-state index is 12.7. The molecule has 0 saturated heterocycles. The van der Waals surface area contributed by atoms with Crippen LogP contribution in [-0.4, -0.2) is 31.3 Å². The lowest BCUT2D eigenvalue weighted by Gasteiger charge is -2.09. The summed E-state index contributed by atoms with van der Waals surface area (Å²) in [5.41, 5.74) is 3.84. The first-order valence-electron chi connectivity index (χ1n) is 11.8. The zero-order chi connectivity index (χ0) is 25.8. The maximum Gasteiger partial charge on any atom is 0.343 e. The predicted octanol–water partition coefficient (Wildman–Crippen LogP) is 6.40. The molecule has 36 heavy (non-hydrogen) atoms. The molecule has 0 atom stereocenters. The van der Waals surface area contributed by atoms with Gasteiger partial charge in [0, 0.05) is 15.6 Å². The monoisotopic (exact) mass is 552 g/mol. The second-order valence-electron chi connectivity index (χ2n) is 7.87. The second kappa shape index (κ2) is 14.0. The topological polar surface area (TPSA) is 86.2 Å². The molecule has 8 heteroatoms. The van der Waals surface area contributed by atoms with Gasteiger partial charge in [0.05, 0.1) is 25.0 Å². The van der Waals surface area contributed by atoms with E-state index in [1.807, 2.05) is 6.92 Å². The van der Waals surface area contributed by atoms with Crippen LogP contribution in [0.1, 0.15) is 59.4 Å². The molecule has 0 aliphatic rings. The zero-order valence-electron chi connectivity index (χ0n) is 20.3. The van der Waals surface area contributed by atoms with Gasteiger partial charge < -0.3 is 14.2 Å². The van der Waals surface area contributed by atoms with E-state index in [1.165, 1.54) is 6.21 Å². The fourth-order valence-electron chi connectivity index (χ4n) is 3.04. The largest absolute Gasteiger partial charge is 0.494 e. The number of unbranched alkanes of at least 4 members (excludes halogenated alkanes) is 1. The van der Waals surface area contributed by atoms with Crippen LogP contribution in [0, 0.1) is 0 Å². The Hall–Kier alpha value is -3.65. The second-order valence-corrected chi connectivity index (χ2v) is 8.79. The number of hydrazone groups is 1. The lowest BCUT2D eigenvalue weighted by Crippen LogP contribution is -2.17. The molecule has 0 unspecified atom stereocenters. The van der Waals surface area contributed by atoms with Gasteiger partial charge in [0.2, 0.25) is 0 Å². The van der Waals surface area contributed by atoms with E-state index in [9.17, 15) is 9.59 Å². The average molecular weight is 553 g/mol. The number of ether oxygens (including phenoxy) is 3. The number of esters is 1. The van der Waals surface area contributed by atoms with Gasteiger partial charge in [-0.05, 0) is 79.6 Å². The van der Waals surface area contributed by atoms with Gasteiger partial charge in [-0.15, -0.1) is 0 Å². The number of hydrogen-bond acceptors (Lipinski definition) is 6. The molecule has 0 fully saturated rings. The minimum Gasteiger partial charge on any atom is -0.494 e. The Bertz CT molecular complexity index is 1180. The van der Waals surface area contributed by atoms with E-state index in [1.54, 1.807) is 66.7 Å². The van der Waals surface area contributed by atoms with Gasteiger partial charge in [0.15, 0.2) is 0 Å². The van der Waals surface area contributed by atoms with Crippen molar-refractivity contribution in [3.8, 4) is 17.2 Å². The summed E-state index contributed by atoms with van der Waals surface area (Å²) in [4.78, 5) is 25.1. The van der Waals surface area contributed by atoms with Crippen LogP contribution in [0.3, 0.4) is 0 Å². The van der Waals surface area contributed by atoms with Crippen LogP contribution in [0.15, 0.2) is 76.3 Å². The van der Waals surface area contributed by atoms with Crippen molar-refractivity contribution in [3.63, 3.8) is 0 Å². The Morgan fingerprint density at radius 1 is 0.861 bits per heavy atom. The van der Waals surface area contributed by atoms with Gasteiger partial charge in [-0.25, -0.2) is 10.2 Å². The van der Waals surface area contributed by atoms with Gasteiger partial charge >= 0.3 is 5.97 Å². The third kappa shape index (κ3) is 8.23. The first-order valence-corrected chi connectivity index (χ1v) is 12.6. The van der Waals surface area contributed by atoms with Crippen LogP contribution in [0.2, 0.25) is 0 Å². The van der Waals surface area contributed by atoms with Crippen LogP contribution < -0.4 is 19.6 Å². The number of nitrogens with zero attached hydrogens (tertiary/aromatic N) is 1. The first kappa shape index (κ1) is 26.9. The fraction of sp³-hybridized carbons (Fsp3) is 0.250. The van der Waals surface area contributed by atoms with Gasteiger partial charge in [-0.1, -0.05) is 36.2 Å². The average Bonchev–Trinajstić information content (AvgIpc) is 2.89. The summed E-state index contributed by atoms with van der Waals surface area (Å²) in [6.07, 6.45) is 4.36. The summed E-state index contributed by atoms with van der Waals surface area (Å²) >= 11 is 3.41. The van der Waals surface area contributed by atoms with Crippen molar-refractivity contribution >= 4 is 34.0 Å². The standard InChI is InChI=1S/C28H29BrN2O5/c1-3-5-17-35-25-11-6-20(7-12-25)27(32)31-30-19-22-18-23(29)10-15-26(22)36-28(33)21-8-13-24(14-9-21)34-16-4-2/h6-15,18-19H,3-5,16-17H2,1-2H3,(H,31,32)/b30-19-. The van der Waals surface area contributed by atoms with Gasteiger partial charge in [-0.2, -0.15) is 5.10 Å². The quantitative estimate of drug-likeness (QED) is 0.0923. The molecule has 0 aromatic heterocycles. The lowest BCUT2D eigenvalue weighted by molar-refractivity contribution is 0.0734. The molecule has 0 bridgehead atoms. The third-order valence-corrected chi connectivity index (χ3v) is 5.48. The lowest BCUT2D eigenvalue weighted by atomic mass is 10.2. The van der Waals surface area contributed by atoms with Crippen molar-refractivity contribution < 1.29 is 23.8 Å². The number of halogens is 1. The molecule has 7 nitrogen and oxygen atoms in total. The van der Waals surface area contributed by atoms with E-state index in [2.05, 4.69) is 33.4 Å². The number of benzene rings is 3. The molecule has 3 rings (SSSR count). The summed E-state index contributed by atoms with van der Waals surface area (Å²) in [5.74, 6) is 0.831. The van der Waals surface area contributed by atoms with E-state index in [0.29, 0.717) is 47.2 Å². The van der Waals surface area contributed by atoms with E-state index in [0.717, 1.165) is 23.7 Å². The zero-order valence-corrected chi connectivity index (χ0v) is 21.9. The first-order chi connectivity index (χ1) is 17.5. The molecule has 3 aromatic carbocycles. The number of amides is 1. The smallest absolute Gasteiger partial charge is 0.343 e. The molecule has 3 aromatic rings. The summed E-state index contributed by atoms with van der Waals surface area (Å²) in [6.45, 7) is 5.38. The van der Waals surface area contributed by atoms with Crippen molar-refractivity contribution in [2.45, 2.75) is 33.1 Å². The van der Waals surface area contributed by atoms with Gasteiger partial charge in [0.25, 0.3) is 5.91 Å². The Balaban J connectivity index is 1.62. The van der Waals surface area contributed by atoms with E-state index in [-0.39, 0.29) is 5.91 Å². The van der Waals surface area contributed by atoms with Crippen molar-refractivity contribution in [3.05, 3.63) is 87.9 Å². The van der Waals surface area contributed by atoms with E-state index < -0.39 is 5.97 Å². The van der Waals surface area contributed by atoms with E-state index in [4.69, 9.17) is 14.2 Å². The Morgan fingerprint density at radius 2 is 1.50 bits per heavy atom. The molecule has 1 amide bonds. The maximum atomic E-state index is 12.7. The van der Waals surface area contributed by atoms with Gasteiger partial charge in [0.1, 0.15) is 17.2 Å². The van der Waals surface area contributed by atoms with Gasteiger partial charge in [-0.3, -0.25) is 4.79 Å². The molecule has 0 spiro atoms. The molecule has 0 heterocycles. The number of carbonyl (C=O) groups excluding carboxylic acids is 2. The Kier molecular flexibility index (Phi) is 10.5. The normalized spacial score (nSPS) is 10.8. The SMILES string of the molecule is CCCCOc1ccc(C(=O)N/N=C\c2cc(Br)ccc2OC(=O)c2ccc(OCCC)cc2)cc1. The van der Waals surface area contributed by atoms with Crippen LogP contribution >= 0.6 is 15.9 Å². The molecule has 0 aliphatic heterocycles. The van der Waals surface area contributed by atoms with Crippen molar-refractivity contribution in [2.24, 2.45) is 5.10 Å². The third-order valence-electron chi connectivity index (χ3n) is 4.99. The van der Waals surface area contributed by atoms with Crippen LogP contribution in [-0.2, 0) is 0 Å². The van der Waals surface area contributed by atoms with Crippen LogP contribution in [0.25, 0.3) is 0 Å². The van der Waals surface area contributed by atoms with E-state index >= 15 is 0 Å². The fourth-order valence-corrected chi connectivity index (χ4v) is 3.42. The Morgan fingerprint density at radius 3 is 2.14 bits per heavy atom. The van der Waals surface area contributed by atoms with Crippen molar-refractivity contribution in [1.82, 2.24) is 5.43 Å². The molecular formula is C28H29BrN2O5. The molecule has 0 radical (unpaired) electrons. The summed E-state index contributed by atoms with van der Waals surface area (Å²) in [5, 5.41) is 4.04. The molecular weight excluding hydrogens is 524 g/mol. The van der Waals surface area contributed by atoms with Crippen molar-refractivity contribution in [2.75, 3.05) is 13.2 Å². The summed E-state index contributed by atoms with van der Waals surface area (Å²) in [7, 11) is 0. The highest BCUT2D eigenvalue weighted by atomic mass is 79.9. The molecule has 1 N–H and O–H groups in total. The highest BCUT2D eigenvalue weighted by Crippen LogP contribution is 2.23. The predicted molar refractivity (Wildman–Crippen MR) is 143 cm³/mol. The number of nitrogens with one attached hydrogen (secondary N) is 1. The number of rotatable bonds is 12. The molecule has 0 aliphatic carbocycles. The summed E-state index contributed by atoms with van der Waals surface area (Å²) in [6, 6.07) is 18.8. The Labute approximate surface area is 219 Å². The highest BCUT2D eigenvalue weighted by molar-refractivity contribution is 9.10. The molecule has 188 valence electrons. The molecule has 0 saturated carbocycles. The number of carbonyl (C=O) groups is 2. The van der Waals surface area contributed by atoms with Crippen molar-refractivity contribution in [1.29, 1.82) is 0 Å². The minimum absolute atomic E-state index is 0.307. The highest BCUT2D eigenvalue weighted by Gasteiger charge is 2.12. The minimum atomic E-state index is -0.515. The van der Waals surface area contributed by atoms with Crippen LogP contribution in [0.4, 0.5) is 0 Å². The number of hydrogen-bond donors (Lipinski definition) is 1. The summed E-state index contributed by atoms with van der Waals surface area (Å²) < 4.78 is 17.5. The van der Waals surface area contributed by atoms with Crippen LogP contribution in [0.5, 0.6) is 17.2 Å².